The van der Waals surface area contributed by atoms with Gasteiger partial charge in [0, 0.05) is 6.08 Å². The van der Waals surface area contributed by atoms with Crippen molar-refractivity contribution in [1.82, 2.24) is 0 Å². The van der Waals surface area contributed by atoms with Gasteiger partial charge in [-0.3, -0.25) is 4.79 Å². The summed E-state index contributed by atoms with van der Waals surface area (Å²) in [6.07, 6.45) is 1.32. The minimum atomic E-state index is -3.98. The van der Waals surface area contributed by atoms with E-state index in [4.69, 9.17) is 0 Å². The Balaban J connectivity index is 2.59. The lowest BCUT2D eigenvalue weighted by molar-refractivity contribution is -0.113. The molecule has 0 atom stereocenters. The van der Waals surface area contributed by atoms with Crippen LogP contribution in [0.2, 0.25) is 0 Å². The second-order valence-electron chi connectivity index (χ2n) is 5.48. The number of aryl methyl sites for hydroxylation is 1. The van der Waals surface area contributed by atoms with Gasteiger partial charge in [-0.2, -0.15) is 4.31 Å². The maximum atomic E-state index is 12.9. The van der Waals surface area contributed by atoms with Crippen LogP contribution in [0.5, 0.6) is 0 Å². The van der Waals surface area contributed by atoms with Gasteiger partial charge < -0.3 is 0 Å². The lowest BCUT2D eigenvalue weighted by Crippen LogP contribution is -2.36. The second-order valence-corrected chi connectivity index (χ2v) is 7.26. The van der Waals surface area contributed by atoms with Gasteiger partial charge in [-0.1, -0.05) is 41.5 Å². The summed E-state index contributed by atoms with van der Waals surface area (Å²) in [6, 6.07) is 14.8. The lowest BCUT2D eigenvalue weighted by Gasteiger charge is -2.21. The highest BCUT2D eigenvalue weighted by atomic mass is 32.2. The summed E-state index contributed by atoms with van der Waals surface area (Å²) in [5.74, 6) is -0.586. The molecule has 5 heteroatoms. The quantitative estimate of drug-likeness (QED) is 0.804. The fourth-order valence-corrected chi connectivity index (χ4v) is 3.45. The van der Waals surface area contributed by atoms with Crippen LogP contribution >= 0.6 is 0 Å². The smallest absolute Gasteiger partial charge is 0.268 e. The number of anilines is 1. The molecule has 2 rings (SSSR count). The van der Waals surface area contributed by atoms with E-state index in [-0.39, 0.29) is 4.90 Å². The summed E-state index contributed by atoms with van der Waals surface area (Å²) in [7, 11) is -3.98. The van der Waals surface area contributed by atoms with Gasteiger partial charge in [-0.05, 0) is 45.0 Å². The Morgan fingerprint density at radius 2 is 1.52 bits per heavy atom. The van der Waals surface area contributed by atoms with Crippen molar-refractivity contribution in [2.75, 3.05) is 4.31 Å². The molecule has 120 valence electrons. The molecule has 0 bridgehead atoms. The molecule has 0 aliphatic rings. The topological polar surface area (TPSA) is 54.5 Å². The number of benzene rings is 2. The van der Waals surface area contributed by atoms with Gasteiger partial charge in [0.05, 0.1) is 10.6 Å². The van der Waals surface area contributed by atoms with E-state index in [1.54, 1.807) is 56.3 Å². The Hall–Kier alpha value is -2.40. The van der Waals surface area contributed by atoms with E-state index in [9.17, 15) is 13.2 Å². The molecule has 0 aliphatic carbocycles. The number of para-hydroxylation sites is 1. The maximum absolute atomic E-state index is 12.9. The molecule has 0 radical (unpaired) electrons. The predicted octanol–water partition coefficient (Wildman–Crippen LogP) is 3.68. The third-order valence-electron chi connectivity index (χ3n) is 3.16. The average molecular weight is 329 g/mol. The normalized spacial score (nSPS) is 10.9. The van der Waals surface area contributed by atoms with Gasteiger partial charge in [0.2, 0.25) is 0 Å². The van der Waals surface area contributed by atoms with Crippen LogP contribution in [-0.4, -0.2) is 14.3 Å². The minimum absolute atomic E-state index is 0.0856. The fourth-order valence-electron chi connectivity index (χ4n) is 2.07. The summed E-state index contributed by atoms with van der Waals surface area (Å²) in [5, 5.41) is 0. The number of nitrogens with zero attached hydrogens (tertiary/aromatic N) is 1. The molecule has 0 saturated heterocycles. The number of sulfonamides is 1. The molecule has 0 unspecified atom stereocenters. The molecular formula is C18H19NO3S. The maximum Gasteiger partial charge on any atom is 0.271 e. The molecular weight excluding hydrogens is 310 g/mol. The van der Waals surface area contributed by atoms with Crippen LogP contribution in [0.25, 0.3) is 0 Å². The average Bonchev–Trinajstić information content (AvgIpc) is 2.47. The number of hydrogen-bond donors (Lipinski definition) is 0. The summed E-state index contributed by atoms with van der Waals surface area (Å²) in [5.41, 5.74) is 2.00. The van der Waals surface area contributed by atoms with E-state index >= 15 is 0 Å². The number of rotatable bonds is 4. The number of hydrogen-bond acceptors (Lipinski definition) is 3. The molecule has 1 amide bonds. The van der Waals surface area contributed by atoms with Gasteiger partial charge >= 0.3 is 0 Å². The molecule has 23 heavy (non-hydrogen) atoms. The van der Waals surface area contributed by atoms with Crippen molar-refractivity contribution in [2.24, 2.45) is 0 Å². The SMILES string of the molecule is CC(C)=CC(=O)N(c1ccccc1)S(=O)(=O)c1ccc(C)cc1. The van der Waals surface area contributed by atoms with Crippen LogP contribution in [0.4, 0.5) is 5.69 Å². The number of carbonyl (C=O) groups excluding carboxylic acids is 1. The first-order chi connectivity index (χ1) is 10.8. The first-order valence-corrected chi connectivity index (χ1v) is 8.62. The van der Waals surface area contributed by atoms with Crippen molar-refractivity contribution in [3.8, 4) is 0 Å². The highest BCUT2D eigenvalue weighted by Gasteiger charge is 2.29. The van der Waals surface area contributed by atoms with Crippen molar-refractivity contribution in [2.45, 2.75) is 25.7 Å². The van der Waals surface area contributed by atoms with Crippen LogP contribution < -0.4 is 4.31 Å². The summed E-state index contributed by atoms with van der Waals surface area (Å²) in [6.45, 7) is 5.37. The van der Waals surface area contributed by atoms with E-state index in [0.717, 1.165) is 15.4 Å². The minimum Gasteiger partial charge on any atom is -0.268 e. The molecule has 2 aromatic carbocycles. The van der Waals surface area contributed by atoms with Gasteiger partial charge in [0.25, 0.3) is 15.9 Å². The van der Waals surface area contributed by atoms with Crippen molar-refractivity contribution < 1.29 is 13.2 Å². The Labute approximate surface area is 137 Å². The zero-order chi connectivity index (χ0) is 17.0. The van der Waals surface area contributed by atoms with E-state index in [2.05, 4.69) is 0 Å². The van der Waals surface area contributed by atoms with Gasteiger partial charge in [0.15, 0.2) is 0 Å². The highest BCUT2D eigenvalue weighted by Crippen LogP contribution is 2.24. The molecule has 0 saturated carbocycles. The monoisotopic (exact) mass is 329 g/mol. The Morgan fingerprint density at radius 1 is 0.957 bits per heavy atom. The third-order valence-corrected chi connectivity index (χ3v) is 4.90. The van der Waals surface area contributed by atoms with Crippen LogP contribution in [0.1, 0.15) is 19.4 Å². The molecule has 0 spiro atoms. The number of allylic oxidation sites excluding steroid dienone is 1. The van der Waals surface area contributed by atoms with Crippen molar-refractivity contribution in [1.29, 1.82) is 0 Å². The summed E-state index contributed by atoms with van der Waals surface area (Å²) >= 11 is 0. The zero-order valence-corrected chi connectivity index (χ0v) is 14.2. The zero-order valence-electron chi connectivity index (χ0n) is 13.4. The van der Waals surface area contributed by atoms with Crippen molar-refractivity contribution in [3.63, 3.8) is 0 Å². The molecule has 0 aliphatic heterocycles. The first-order valence-electron chi connectivity index (χ1n) is 7.18. The van der Waals surface area contributed by atoms with E-state index in [1.165, 1.54) is 18.2 Å². The Kier molecular flexibility index (Phi) is 5.01. The Bertz CT molecular complexity index is 818. The van der Waals surface area contributed by atoms with Crippen LogP contribution in [0, 0.1) is 6.92 Å². The van der Waals surface area contributed by atoms with E-state index in [0.29, 0.717) is 5.69 Å². The van der Waals surface area contributed by atoms with Crippen LogP contribution in [-0.2, 0) is 14.8 Å². The fraction of sp³-hybridized carbons (Fsp3) is 0.167. The second kappa shape index (κ2) is 6.79. The highest BCUT2D eigenvalue weighted by molar-refractivity contribution is 7.93. The standard InChI is InChI=1S/C18H19NO3S/c1-14(2)13-18(20)19(16-7-5-4-6-8-16)23(21,22)17-11-9-15(3)10-12-17/h4-13H,1-3H3. The third kappa shape index (κ3) is 3.87. The summed E-state index contributed by atoms with van der Waals surface area (Å²) in [4.78, 5) is 12.6. The number of amides is 1. The van der Waals surface area contributed by atoms with Crippen LogP contribution in [0.3, 0.4) is 0 Å². The molecule has 0 heterocycles. The van der Waals surface area contributed by atoms with Gasteiger partial charge in [0.1, 0.15) is 0 Å². The summed E-state index contributed by atoms with van der Waals surface area (Å²) < 4.78 is 26.7. The Morgan fingerprint density at radius 3 is 2.04 bits per heavy atom. The largest absolute Gasteiger partial charge is 0.271 e. The van der Waals surface area contributed by atoms with E-state index < -0.39 is 15.9 Å². The van der Waals surface area contributed by atoms with Gasteiger partial charge in [-0.15, -0.1) is 0 Å². The molecule has 2 aromatic rings. The predicted molar refractivity (Wildman–Crippen MR) is 91.7 cm³/mol. The number of carbonyl (C=O) groups is 1. The first kappa shape index (κ1) is 17.0. The van der Waals surface area contributed by atoms with E-state index in [1.807, 2.05) is 6.92 Å². The molecule has 0 fully saturated rings. The van der Waals surface area contributed by atoms with Gasteiger partial charge in [-0.25, -0.2) is 8.42 Å². The van der Waals surface area contributed by atoms with Crippen LogP contribution in [0.15, 0.2) is 71.1 Å². The molecule has 0 N–H and O–H groups in total. The molecule has 0 aromatic heterocycles. The lowest BCUT2D eigenvalue weighted by atomic mass is 10.2. The molecule has 4 nitrogen and oxygen atoms in total. The van der Waals surface area contributed by atoms with Crippen molar-refractivity contribution in [3.05, 3.63) is 71.8 Å². The van der Waals surface area contributed by atoms with Crippen molar-refractivity contribution >= 4 is 21.6 Å².